The molecule has 4 N–H and O–H groups in total. The number of rotatable bonds is 6. The van der Waals surface area contributed by atoms with E-state index in [1.165, 1.54) is 7.05 Å². The second-order valence-corrected chi connectivity index (χ2v) is 6.87. The molecule has 1 heterocycles. The summed E-state index contributed by atoms with van der Waals surface area (Å²) in [5, 5.41) is 6.30. The first-order valence-electron chi connectivity index (χ1n) is 9.28. The monoisotopic (exact) mass is 410 g/mol. The number of methoxy groups -OCH3 is 1. The number of carbonyl (C=O) groups excluding carboxylic acids is 1. The molecule has 2 aromatic carbocycles. The van der Waals surface area contributed by atoms with Crippen LogP contribution in [0, 0.1) is 6.92 Å². The van der Waals surface area contributed by atoms with Crippen LogP contribution in [-0.4, -0.2) is 35.0 Å². The fraction of sp³-hybridized carbons (Fsp3) is 0.238. The molecule has 0 spiro atoms. The second kappa shape index (κ2) is 8.85. The predicted molar refractivity (Wildman–Crippen MR) is 115 cm³/mol. The normalized spacial score (nSPS) is 10.6. The van der Waals surface area contributed by atoms with E-state index >= 15 is 0 Å². The largest absolute Gasteiger partial charge is 0.496 e. The maximum Gasteiger partial charge on any atom is 0.352 e. The van der Waals surface area contributed by atoms with Crippen molar-refractivity contribution in [3.63, 3.8) is 0 Å². The molecular weight excluding hydrogens is 384 g/mol. The third-order valence-corrected chi connectivity index (χ3v) is 4.65. The average Bonchev–Trinajstić information content (AvgIpc) is 3.17. The fourth-order valence-electron chi connectivity index (χ4n) is 3.08. The van der Waals surface area contributed by atoms with Gasteiger partial charge in [-0.3, -0.25) is 9.69 Å². The zero-order valence-electron chi connectivity index (χ0n) is 17.5. The van der Waals surface area contributed by atoms with Gasteiger partial charge in [0, 0.05) is 25.9 Å². The highest BCUT2D eigenvalue weighted by Crippen LogP contribution is 2.31. The molecule has 0 saturated heterocycles. The first-order chi connectivity index (χ1) is 14.3. The van der Waals surface area contributed by atoms with Crippen molar-refractivity contribution in [1.29, 1.82) is 0 Å². The Hall–Kier alpha value is -3.56. The molecule has 30 heavy (non-hydrogen) atoms. The average molecular weight is 410 g/mol. The summed E-state index contributed by atoms with van der Waals surface area (Å²) in [7, 11) is 4.85. The molecule has 3 rings (SSSR count). The van der Waals surface area contributed by atoms with Gasteiger partial charge in [-0.1, -0.05) is 6.07 Å². The number of nitrogens with zero attached hydrogens (tertiary/aromatic N) is 4. The Balaban J connectivity index is 1.85. The molecule has 3 aromatic rings. The van der Waals surface area contributed by atoms with Gasteiger partial charge in [-0.05, 0) is 48.9 Å². The zero-order chi connectivity index (χ0) is 21.8. The molecule has 9 nitrogen and oxygen atoms in total. The van der Waals surface area contributed by atoms with Gasteiger partial charge in [0.05, 0.1) is 24.1 Å². The molecule has 0 bridgehead atoms. The Morgan fingerprint density at radius 1 is 1.17 bits per heavy atom. The minimum Gasteiger partial charge on any atom is -0.496 e. The van der Waals surface area contributed by atoms with Crippen LogP contribution >= 0.6 is 0 Å². The van der Waals surface area contributed by atoms with Crippen molar-refractivity contribution >= 4 is 11.7 Å². The standard InChI is InChI=1S/C21H26N6O3/c1-14-12-15(17-10-11-25(2)24-17)8-9-19(14)30-13-16-18(6-5-7-20(16)29-4)27(23)21(28)26(3)22/h5-12H,13,22-23H2,1-4H3. The van der Waals surface area contributed by atoms with E-state index in [1.54, 1.807) is 30.0 Å². The van der Waals surface area contributed by atoms with E-state index in [1.807, 2.05) is 44.4 Å². The quantitative estimate of drug-likeness (QED) is 0.367. The molecule has 0 unspecified atom stereocenters. The van der Waals surface area contributed by atoms with E-state index in [2.05, 4.69) is 5.10 Å². The lowest BCUT2D eigenvalue weighted by Crippen LogP contribution is -2.49. The molecule has 2 amide bonds. The van der Waals surface area contributed by atoms with E-state index < -0.39 is 6.03 Å². The Labute approximate surface area is 175 Å². The topological polar surface area (TPSA) is 112 Å². The molecule has 0 fully saturated rings. The summed E-state index contributed by atoms with van der Waals surface area (Å²) in [4.78, 5) is 12.2. The molecule has 0 aliphatic carbocycles. The van der Waals surface area contributed by atoms with E-state index in [0.717, 1.165) is 26.8 Å². The van der Waals surface area contributed by atoms with Crippen LogP contribution in [-0.2, 0) is 13.7 Å². The van der Waals surface area contributed by atoms with E-state index in [0.29, 0.717) is 22.7 Å². The first kappa shape index (κ1) is 21.2. The number of ether oxygens (including phenoxy) is 2. The lowest BCUT2D eigenvalue weighted by Gasteiger charge is -2.24. The van der Waals surface area contributed by atoms with Crippen LogP contribution in [0.2, 0.25) is 0 Å². The van der Waals surface area contributed by atoms with Gasteiger partial charge in [0.2, 0.25) is 0 Å². The van der Waals surface area contributed by atoms with Crippen LogP contribution in [0.3, 0.4) is 0 Å². The highest BCUT2D eigenvalue weighted by atomic mass is 16.5. The zero-order valence-corrected chi connectivity index (χ0v) is 17.5. The van der Waals surface area contributed by atoms with Crippen molar-refractivity contribution in [3.8, 4) is 22.8 Å². The number of nitrogens with two attached hydrogens (primary N) is 2. The van der Waals surface area contributed by atoms with Gasteiger partial charge >= 0.3 is 6.03 Å². The molecule has 0 aliphatic rings. The number of urea groups is 1. The molecule has 0 radical (unpaired) electrons. The molecule has 1 aromatic heterocycles. The number of benzene rings is 2. The summed E-state index contributed by atoms with van der Waals surface area (Å²) in [6.45, 7) is 2.12. The summed E-state index contributed by atoms with van der Waals surface area (Å²) in [6, 6.07) is 12.5. The summed E-state index contributed by atoms with van der Waals surface area (Å²) < 4.78 is 13.3. The SMILES string of the molecule is COc1cccc(N(N)C(=O)N(C)N)c1COc1ccc(-c2ccn(C)n2)cc1C. The van der Waals surface area contributed by atoms with E-state index in [4.69, 9.17) is 21.2 Å². The number of hydrazine groups is 2. The van der Waals surface area contributed by atoms with Crippen LogP contribution in [0.1, 0.15) is 11.1 Å². The van der Waals surface area contributed by atoms with Gasteiger partial charge in [-0.25, -0.2) is 21.5 Å². The summed E-state index contributed by atoms with van der Waals surface area (Å²) in [5.74, 6) is 12.8. The van der Waals surface area contributed by atoms with Gasteiger partial charge in [0.1, 0.15) is 18.1 Å². The summed E-state index contributed by atoms with van der Waals surface area (Å²) >= 11 is 0. The lowest BCUT2D eigenvalue weighted by molar-refractivity contribution is 0.216. The molecule has 158 valence electrons. The third kappa shape index (κ3) is 4.37. The number of anilines is 1. The Morgan fingerprint density at radius 2 is 1.93 bits per heavy atom. The van der Waals surface area contributed by atoms with Crippen LogP contribution in [0.5, 0.6) is 11.5 Å². The van der Waals surface area contributed by atoms with Crippen LogP contribution in [0.25, 0.3) is 11.3 Å². The van der Waals surface area contributed by atoms with Crippen molar-refractivity contribution in [3.05, 3.63) is 59.8 Å². The highest BCUT2D eigenvalue weighted by molar-refractivity contribution is 5.91. The Morgan fingerprint density at radius 3 is 2.53 bits per heavy atom. The Kier molecular flexibility index (Phi) is 6.24. The summed E-state index contributed by atoms with van der Waals surface area (Å²) in [6.07, 6.45) is 1.90. The second-order valence-electron chi connectivity index (χ2n) is 6.87. The van der Waals surface area contributed by atoms with Gasteiger partial charge in [0.25, 0.3) is 0 Å². The maximum absolute atomic E-state index is 12.2. The third-order valence-electron chi connectivity index (χ3n) is 4.65. The van der Waals surface area contributed by atoms with Crippen molar-refractivity contribution in [2.24, 2.45) is 18.7 Å². The minimum atomic E-state index is -0.569. The number of hydrogen-bond acceptors (Lipinski definition) is 6. The van der Waals surface area contributed by atoms with Crippen LogP contribution in [0.15, 0.2) is 48.7 Å². The van der Waals surface area contributed by atoms with Crippen LogP contribution < -0.4 is 26.2 Å². The van der Waals surface area contributed by atoms with Gasteiger partial charge in [-0.2, -0.15) is 5.10 Å². The van der Waals surface area contributed by atoms with Gasteiger partial charge in [-0.15, -0.1) is 0 Å². The van der Waals surface area contributed by atoms with Crippen molar-refractivity contribution in [2.75, 3.05) is 19.2 Å². The van der Waals surface area contributed by atoms with Crippen molar-refractivity contribution in [2.45, 2.75) is 13.5 Å². The van der Waals surface area contributed by atoms with E-state index in [-0.39, 0.29) is 6.61 Å². The van der Waals surface area contributed by atoms with Gasteiger partial charge < -0.3 is 9.47 Å². The number of hydrogen-bond donors (Lipinski definition) is 2. The maximum atomic E-state index is 12.2. The molecular formula is C21H26N6O3. The summed E-state index contributed by atoms with van der Waals surface area (Å²) in [5.41, 5.74) is 3.92. The molecule has 0 saturated carbocycles. The highest BCUT2D eigenvalue weighted by Gasteiger charge is 2.20. The first-order valence-corrected chi connectivity index (χ1v) is 9.28. The molecule has 0 aliphatic heterocycles. The number of aryl methyl sites for hydroxylation is 2. The predicted octanol–water partition coefficient (Wildman–Crippen LogP) is 2.59. The fourth-order valence-corrected chi connectivity index (χ4v) is 3.08. The number of carbonyl (C=O) groups is 1. The minimum absolute atomic E-state index is 0.151. The van der Waals surface area contributed by atoms with E-state index in [9.17, 15) is 4.79 Å². The Bertz CT molecular complexity index is 1050. The number of amides is 2. The van der Waals surface area contributed by atoms with Crippen molar-refractivity contribution < 1.29 is 14.3 Å². The smallest absolute Gasteiger partial charge is 0.352 e. The number of aromatic nitrogens is 2. The molecule has 9 heteroatoms. The van der Waals surface area contributed by atoms with Crippen molar-refractivity contribution in [1.82, 2.24) is 14.8 Å². The van der Waals surface area contributed by atoms with Gasteiger partial charge in [0.15, 0.2) is 0 Å². The van der Waals surface area contributed by atoms with Crippen LogP contribution in [0.4, 0.5) is 10.5 Å². The lowest BCUT2D eigenvalue weighted by atomic mass is 10.1. The molecule has 0 atom stereocenters.